The van der Waals surface area contributed by atoms with Crippen molar-refractivity contribution in [2.75, 3.05) is 13.2 Å². The van der Waals surface area contributed by atoms with Gasteiger partial charge < -0.3 is 9.47 Å². The van der Waals surface area contributed by atoms with E-state index in [9.17, 15) is 4.39 Å². The van der Waals surface area contributed by atoms with Crippen LogP contribution in [-0.4, -0.2) is 13.2 Å². The van der Waals surface area contributed by atoms with Crippen LogP contribution in [0.3, 0.4) is 0 Å². The molecule has 2 nitrogen and oxygen atoms in total. The van der Waals surface area contributed by atoms with E-state index in [1.807, 2.05) is 6.07 Å². The summed E-state index contributed by atoms with van der Waals surface area (Å²) in [6, 6.07) is 3.58. The summed E-state index contributed by atoms with van der Waals surface area (Å²) in [4.78, 5) is 0. The van der Waals surface area contributed by atoms with Crippen LogP contribution >= 0.6 is 0 Å². The molecule has 2 aliphatic rings. The fourth-order valence-electron chi connectivity index (χ4n) is 3.68. The number of hydrogen-bond acceptors (Lipinski definition) is 2. The molecule has 2 saturated carbocycles. The fraction of sp³-hybridized carbons (Fsp3) is 0.684. The third kappa shape index (κ3) is 3.74. The first-order valence-electron chi connectivity index (χ1n) is 8.78. The Hall–Kier alpha value is -1.25. The summed E-state index contributed by atoms with van der Waals surface area (Å²) in [5.41, 5.74) is 0.571. The van der Waals surface area contributed by atoms with E-state index in [1.165, 1.54) is 51.4 Å². The normalized spacial score (nSPS) is 19.7. The minimum Gasteiger partial charge on any atom is -0.493 e. The molecule has 0 spiro atoms. The van der Waals surface area contributed by atoms with Crippen molar-refractivity contribution in [3.05, 3.63) is 23.5 Å². The third-order valence-electron chi connectivity index (χ3n) is 5.20. The van der Waals surface area contributed by atoms with E-state index in [1.54, 1.807) is 13.0 Å². The second kappa shape index (κ2) is 7.34. The molecule has 22 heavy (non-hydrogen) atoms. The lowest BCUT2D eigenvalue weighted by Gasteiger charge is -2.16. The first-order chi connectivity index (χ1) is 10.7. The predicted molar refractivity (Wildman–Crippen MR) is 86.0 cm³/mol. The summed E-state index contributed by atoms with van der Waals surface area (Å²) >= 11 is 0. The van der Waals surface area contributed by atoms with Crippen LogP contribution in [0.1, 0.15) is 56.9 Å². The molecule has 3 heteroatoms. The van der Waals surface area contributed by atoms with Gasteiger partial charge in [0.15, 0.2) is 11.6 Å². The maximum atomic E-state index is 14.4. The Kier molecular flexibility index (Phi) is 5.22. The summed E-state index contributed by atoms with van der Waals surface area (Å²) in [6.45, 7) is 3.13. The van der Waals surface area contributed by atoms with Crippen molar-refractivity contribution < 1.29 is 13.9 Å². The van der Waals surface area contributed by atoms with Crippen LogP contribution in [0.5, 0.6) is 11.5 Å². The monoisotopic (exact) mass is 306 g/mol. The van der Waals surface area contributed by atoms with Gasteiger partial charge in [-0.15, -0.1) is 0 Å². The minimum atomic E-state index is -0.262. The molecule has 0 aliphatic heterocycles. The number of ether oxygens (including phenoxy) is 2. The maximum absolute atomic E-state index is 14.4. The van der Waals surface area contributed by atoms with Crippen molar-refractivity contribution in [3.63, 3.8) is 0 Å². The van der Waals surface area contributed by atoms with Crippen molar-refractivity contribution in [3.8, 4) is 11.5 Å². The summed E-state index contributed by atoms with van der Waals surface area (Å²) in [7, 11) is 0. The molecule has 0 saturated heterocycles. The van der Waals surface area contributed by atoms with Gasteiger partial charge >= 0.3 is 0 Å². The Bertz CT molecular complexity index is 443. The highest BCUT2D eigenvalue weighted by Gasteiger charge is 2.19. The molecule has 0 atom stereocenters. The molecule has 2 aliphatic carbocycles. The van der Waals surface area contributed by atoms with E-state index in [0.717, 1.165) is 0 Å². The molecule has 0 unspecified atom stereocenters. The molecule has 1 aromatic carbocycles. The van der Waals surface area contributed by atoms with Gasteiger partial charge in [-0.25, -0.2) is 4.39 Å². The van der Waals surface area contributed by atoms with Gasteiger partial charge in [0.1, 0.15) is 5.75 Å². The van der Waals surface area contributed by atoms with E-state index < -0.39 is 0 Å². The first-order valence-corrected chi connectivity index (χ1v) is 8.78. The Morgan fingerprint density at radius 1 is 0.864 bits per heavy atom. The Morgan fingerprint density at radius 3 is 1.86 bits per heavy atom. The third-order valence-corrected chi connectivity index (χ3v) is 5.20. The van der Waals surface area contributed by atoms with Gasteiger partial charge in [0, 0.05) is 5.56 Å². The molecule has 122 valence electrons. The molecule has 0 amide bonds. The lowest BCUT2D eigenvalue weighted by molar-refractivity contribution is 0.235. The number of rotatable bonds is 6. The van der Waals surface area contributed by atoms with Gasteiger partial charge in [-0.05, 0) is 56.6 Å². The Labute approximate surface area is 133 Å². The lowest BCUT2D eigenvalue weighted by atomic mass is 10.1. The van der Waals surface area contributed by atoms with Crippen molar-refractivity contribution in [2.45, 2.75) is 58.3 Å². The van der Waals surface area contributed by atoms with E-state index in [0.29, 0.717) is 42.1 Å². The first kappa shape index (κ1) is 15.6. The van der Waals surface area contributed by atoms with E-state index in [2.05, 4.69) is 0 Å². The summed E-state index contributed by atoms with van der Waals surface area (Å²) in [5, 5.41) is 0. The molecule has 2 fully saturated rings. The summed E-state index contributed by atoms with van der Waals surface area (Å²) in [5.74, 6) is 2.01. The zero-order valence-electron chi connectivity index (χ0n) is 13.6. The Balaban J connectivity index is 1.57. The van der Waals surface area contributed by atoms with Crippen molar-refractivity contribution >= 4 is 0 Å². The van der Waals surface area contributed by atoms with Crippen LogP contribution in [0.15, 0.2) is 12.1 Å². The SMILES string of the molecule is Cc1c(OCC2CCCC2)ccc(OCC2CCCC2)c1F. The number of halogens is 1. The fourth-order valence-corrected chi connectivity index (χ4v) is 3.68. The van der Waals surface area contributed by atoms with Crippen LogP contribution in [-0.2, 0) is 0 Å². The second-order valence-electron chi connectivity index (χ2n) is 6.92. The highest BCUT2D eigenvalue weighted by molar-refractivity contribution is 5.41. The highest BCUT2D eigenvalue weighted by Crippen LogP contribution is 2.32. The average Bonchev–Trinajstić information content (AvgIpc) is 3.20. The number of hydrogen-bond donors (Lipinski definition) is 0. The van der Waals surface area contributed by atoms with E-state index in [4.69, 9.17) is 9.47 Å². The molecule has 3 rings (SSSR count). The van der Waals surface area contributed by atoms with Gasteiger partial charge in [0.2, 0.25) is 0 Å². The molecular formula is C19H27FO2. The van der Waals surface area contributed by atoms with Gasteiger partial charge in [0.25, 0.3) is 0 Å². The van der Waals surface area contributed by atoms with Gasteiger partial charge in [-0.3, -0.25) is 0 Å². The van der Waals surface area contributed by atoms with Gasteiger partial charge in [0.05, 0.1) is 13.2 Å². The van der Waals surface area contributed by atoms with Crippen LogP contribution in [0, 0.1) is 24.6 Å². The van der Waals surface area contributed by atoms with Gasteiger partial charge in [-0.2, -0.15) is 0 Å². The van der Waals surface area contributed by atoms with Gasteiger partial charge in [-0.1, -0.05) is 25.7 Å². The lowest BCUT2D eigenvalue weighted by Crippen LogP contribution is -2.11. The topological polar surface area (TPSA) is 18.5 Å². The maximum Gasteiger partial charge on any atom is 0.171 e. The van der Waals surface area contributed by atoms with Crippen molar-refractivity contribution in [1.82, 2.24) is 0 Å². The molecule has 0 bridgehead atoms. The summed E-state index contributed by atoms with van der Waals surface area (Å²) in [6.07, 6.45) is 10.1. The molecule has 0 aromatic heterocycles. The van der Waals surface area contributed by atoms with Crippen LogP contribution in [0.2, 0.25) is 0 Å². The highest BCUT2D eigenvalue weighted by atomic mass is 19.1. The second-order valence-corrected chi connectivity index (χ2v) is 6.92. The largest absolute Gasteiger partial charge is 0.493 e. The Morgan fingerprint density at radius 2 is 1.32 bits per heavy atom. The zero-order valence-corrected chi connectivity index (χ0v) is 13.6. The predicted octanol–water partition coefficient (Wildman–Crippen LogP) is 5.27. The molecule has 0 N–H and O–H groups in total. The quantitative estimate of drug-likeness (QED) is 0.712. The molecule has 0 radical (unpaired) electrons. The number of benzene rings is 1. The molecule has 1 aromatic rings. The van der Waals surface area contributed by atoms with Crippen LogP contribution in [0.25, 0.3) is 0 Å². The smallest absolute Gasteiger partial charge is 0.171 e. The van der Waals surface area contributed by atoms with Crippen LogP contribution < -0.4 is 9.47 Å². The van der Waals surface area contributed by atoms with E-state index >= 15 is 0 Å². The minimum absolute atomic E-state index is 0.262. The standard InChI is InChI=1S/C19H27FO2/c1-14-17(21-12-15-6-2-3-7-15)10-11-18(19(14)20)22-13-16-8-4-5-9-16/h10-11,15-16H,2-9,12-13H2,1H3. The van der Waals surface area contributed by atoms with Crippen molar-refractivity contribution in [2.24, 2.45) is 11.8 Å². The zero-order chi connectivity index (χ0) is 15.4. The molecule has 0 heterocycles. The molecular weight excluding hydrogens is 279 g/mol. The average molecular weight is 306 g/mol. The summed E-state index contributed by atoms with van der Waals surface area (Å²) < 4.78 is 26.0. The van der Waals surface area contributed by atoms with E-state index in [-0.39, 0.29) is 5.82 Å². The van der Waals surface area contributed by atoms with Crippen molar-refractivity contribution in [1.29, 1.82) is 0 Å². The van der Waals surface area contributed by atoms with Crippen LogP contribution in [0.4, 0.5) is 4.39 Å².